The number of hydrogen-bond donors (Lipinski definition) is 1. The third-order valence-corrected chi connectivity index (χ3v) is 7.75. The maximum Gasteiger partial charge on any atom is 0.253 e. The Morgan fingerprint density at radius 1 is 1.04 bits per heavy atom. The minimum absolute atomic E-state index is 0.166. The van der Waals surface area contributed by atoms with E-state index in [4.69, 9.17) is 0 Å². The molecule has 1 saturated heterocycles. The molecule has 1 aliphatic heterocycles. The van der Waals surface area contributed by atoms with Crippen LogP contribution >= 0.6 is 0 Å². The number of hydrogen-bond acceptors (Lipinski definition) is 3. The summed E-state index contributed by atoms with van der Waals surface area (Å²) in [5.41, 5.74) is 1.49. The van der Waals surface area contributed by atoms with Crippen LogP contribution in [0.1, 0.15) is 44.1 Å². The van der Waals surface area contributed by atoms with Crippen molar-refractivity contribution < 1.29 is 8.42 Å². The molecule has 2 aliphatic carbocycles. The maximum absolute atomic E-state index is 12.7. The minimum atomic E-state index is -3.50. The summed E-state index contributed by atoms with van der Waals surface area (Å²) in [6.07, 6.45) is 12.0. The molecule has 24 heavy (non-hydrogen) atoms. The Morgan fingerprint density at radius 2 is 1.79 bits per heavy atom. The van der Waals surface area contributed by atoms with Gasteiger partial charge in [0.2, 0.25) is 0 Å². The number of hydrazine groups is 1. The molecule has 130 valence electrons. The quantitative estimate of drug-likeness (QED) is 0.854. The molecule has 0 radical (unpaired) electrons. The van der Waals surface area contributed by atoms with E-state index in [1.54, 1.807) is 12.1 Å². The van der Waals surface area contributed by atoms with E-state index in [1.165, 1.54) is 32.1 Å². The summed E-state index contributed by atoms with van der Waals surface area (Å²) < 4.78 is 25.5. The second kappa shape index (κ2) is 5.68. The fourth-order valence-corrected chi connectivity index (χ4v) is 6.17. The van der Waals surface area contributed by atoms with Gasteiger partial charge in [0.25, 0.3) is 10.0 Å². The fourth-order valence-electron chi connectivity index (χ4n) is 5.10. The fraction of sp³-hybridized carbons (Fsp3) is 0.579. The minimum Gasteiger partial charge on any atom is -0.229 e. The Hall–Kier alpha value is -1.17. The van der Waals surface area contributed by atoms with Gasteiger partial charge in [0.15, 0.2) is 0 Å². The predicted octanol–water partition coefficient (Wildman–Crippen LogP) is 3.40. The lowest BCUT2D eigenvalue weighted by atomic mass is 9.54. The lowest BCUT2D eigenvalue weighted by molar-refractivity contribution is 0.0636. The summed E-state index contributed by atoms with van der Waals surface area (Å²) in [4.78, 5) is 3.21. The molecule has 2 fully saturated rings. The predicted molar refractivity (Wildman–Crippen MR) is 94.8 cm³/mol. The number of nitrogens with zero attached hydrogens (tertiary/aromatic N) is 1. The molecule has 4 nitrogen and oxygen atoms in total. The van der Waals surface area contributed by atoms with Crippen molar-refractivity contribution in [2.24, 2.45) is 10.8 Å². The molecule has 4 rings (SSSR count). The first-order valence-electron chi connectivity index (χ1n) is 8.97. The highest BCUT2D eigenvalue weighted by Gasteiger charge is 2.57. The van der Waals surface area contributed by atoms with Crippen LogP contribution in [0.4, 0.5) is 0 Å². The van der Waals surface area contributed by atoms with Gasteiger partial charge in [-0.2, -0.15) is 0 Å². The van der Waals surface area contributed by atoms with Crippen molar-refractivity contribution in [2.45, 2.75) is 50.3 Å². The van der Waals surface area contributed by atoms with Crippen LogP contribution in [0.3, 0.4) is 0 Å². The number of benzene rings is 1. The Morgan fingerprint density at radius 3 is 2.54 bits per heavy atom. The lowest BCUT2D eigenvalue weighted by Gasteiger charge is -2.49. The molecule has 0 spiro atoms. The zero-order valence-corrected chi connectivity index (χ0v) is 15.1. The van der Waals surface area contributed by atoms with E-state index in [0.717, 1.165) is 25.1 Å². The van der Waals surface area contributed by atoms with Crippen LogP contribution in [0.25, 0.3) is 0 Å². The summed E-state index contributed by atoms with van der Waals surface area (Å²) in [6, 6.07) is 7.06. The highest BCUT2D eigenvalue weighted by Crippen LogP contribution is 2.60. The van der Waals surface area contributed by atoms with Gasteiger partial charge in [-0.15, -0.1) is 4.83 Å². The molecule has 2 atom stereocenters. The van der Waals surface area contributed by atoms with Crippen LogP contribution in [0.5, 0.6) is 0 Å². The number of sulfonamides is 1. The molecule has 3 aliphatic rings. The first-order chi connectivity index (χ1) is 11.4. The third kappa shape index (κ3) is 2.54. The summed E-state index contributed by atoms with van der Waals surface area (Å²) >= 11 is 0. The van der Waals surface area contributed by atoms with E-state index in [2.05, 4.69) is 17.0 Å². The van der Waals surface area contributed by atoms with Crippen molar-refractivity contribution in [1.29, 1.82) is 0 Å². The molecule has 5 heteroatoms. The van der Waals surface area contributed by atoms with Crippen molar-refractivity contribution in [3.05, 3.63) is 42.0 Å². The monoisotopic (exact) mass is 346 g/mol. The van der Waals surface area contributed by atoms with Crippen molar-refractivity contribution in [2.75, 3.05) is 13.1 Å². The van der Waals surface area contributed by atoms with Gasteiger partial charge in [-0.1, -0.05) is 42.7 Å². The zero-order valence-electron chi connectivity index (χ0n) is 14.3. The van der Waals surface area contributed by atoms with Crippen LogP contribution in [-0.4, -0.2) is 26.5 Å². The molecule has 0 bridgehead atoms. The van der Waals surface area contributed by atoms with E-state index in [9.17, 15) is 8.42 Å². The average Bonchev–Trinajstić information content (AvgIpc) is 2.88. The summed E-state index contributed by atoms with van der Waals surface area (Å²) in [5.74, 6) is 0. The third-order valence-electron chi connectivity index (χ3n) is 6.36. The maximum atomic E-state index is 12.7. The summed E-state index contributed by atoms with van der Waals surface area (Å²) in [7, 11) is -3.50. The Kier molecular flexibility index (Phi) is 3.86. The molecule has 0 aromatic heterocycles. The summed E-state index contributed by atoms with van der Waals surface area (Å²) in [6.45, 7) is 3.60. The molecule has 1 aromatic carbocycles. The highest BCUT2D eigenvalue weighted by atomic mass is 32.2. The molecule has 1 aromatic rings. The zero-order chi connectivity index (χ0) is 16.8. The smallest absolute Gasteiger partial charge is 0.229 e. The molecule has 1 heterocycles. The van der Waals surface area contributed by atoms with Crippen LogP contribution in [0, 0.1) is 17.8 Å². The second-order valence-electron chi connectivity index (χ2n) is 7.85. The number of aryl methyl sites for hydroxylation is 1. The van der Waals surface area contributed by atoms with E-state index in [1.807, 2.05) is 24.1 Å². The number of allylic oxidation sites excluding steroid dienone is 1. The van der Waals surface area contributed by atoms with E-state index >= 15 is 0 Å². The van der Waals surface area contributed by atoms with Gasteiger partial charge in [0, 0.05) is 18.5 Å². The normalized spacial score (nSPS) is 33.2. The standard InChI is InChI=1S/C19H26N2O2S/c1-16-6-8-17(9-7-16)24(22,23)20-21-14-18-10-2-3-11-19(18,15-21)13-5-4-12-18/h2,6-10,20H,3-5,11-15H2,1H3/t18-,19+/m0/s1. The number of rotatable bonds is 3. The van der Waals surface area contributed by atoms with Crippen LogP contribution < -0.4 is 4.83 Å². The van der Waals surface area contributed by atoms with Crippen molar-refractivity contribution in [3.63, 3.8) is 0 Å². The van der Waals surface area contributed by atoms with Gasteiger partial charge in [-0.3, -0.25) is 0 Å². The van der Waals surface area contributed by atoms with Gasteiger partial charge in [0.05, 0.1) is 4.90 Å². The van der Waals surface area contributed by atoms with E-state index in [0.29, 0.717) is 4.90 Å². The first-order valence-corrected chi connectivity index (χ1v) is 10.5. The highest BCUT2D eigenvalue weighted by molar-refractivity contribution is 7.89. The van der Waals surface area contributed by atoms with Gasteiger partial charge < -0.3 is 0 Å². The topological polar surface area (TPSA) is 49.4 Å². The van der Waals surface area contributed by atoms with E-state index in [-0.39, 0.29) is 10.8 Å². The van der Waals surface area contributed by atoms with Crippen molar-refractivity contribution in [3.8, 4) is 0 Å². The molecule has 1 saturated carbocycles. The molecule has 0 unspecified atom stereocenters. The van der Waals surface area contributed by atoms with Crippen LogP contribution in [-0.2, 0) is 10.0 Å². The second-order valence-corrected chi connectivity index (χ2v) is 9.51. The Bertz CT molecular complexity index is 756. The Balaban J connectivity index is 1.58. The first kappa shape index (κ1) is 16.3. The molecular weight excluding hydrogens is 320 g/mol. The Labute approximate surface area is 145 Å². The molecule has 1 N–H and O–H groups in total. The largest absolute Gasteiger partial charge is 0.253 e. The SMILES string of the molecule is Cc1ccc(S(=O)(=O)NN2C[C@@]34C=CCC[C@@]3(CCCC4)C2)cc1. The van der Waals surface area contributed by atoms with Gasteiger partial charge in [-0.25, -0.2) is 13.4 Å². The van der Waals surface area contributed by atoms with Crippen LogP contribution in [0.15, 0.2) is 41.3 Å². The van der Waals surface area contributed by atoms with Gasteiger partial charge in [0.1, 0.15) is 0 Å². The molecular formula is C19H26N2O2S. The van der Waals surface area contributed by atoms with Gasteiger partial charge >= 0.3 is 0 Å². The average molecular weight is 346 g/mol. The van der Waals surface area contributed by atoms with Crippen molar-refractivity contribution in [1.82, 2.24) is 9.84 Å². The van der Waals surface area contributed by atoms with Gasteiger partial charge in [-0.05, 0) is 50.2 Å². The lowest BCUT2D eigenvalue weighted by Crippen LogP contribution is -2.43. The summed E-state index contributed by atoms with van der Waals surface area (Å²) in [5, 5.41) is 1.97. The molecule has 0 amide bonds. The van der Waals surface area contributed by atoms with Crippen LogP contribution in [0.2, 0.25) is 0 Å². The number of nitrogens with one attached hydrogen (secondary N) is 1. The van der Waals surface area contributed by atoms with Crippen molar-refractivity contribution >= 4 is 10.0 Å². The van der Waals surface area contributed by atoms with E-state index < -0.39 is 10.0 Å².